The van der Waals surface area contributed by atoms with Gasteiger partial charge < -0.3 is 4.74 Å². The van der Waals surface area contributed by atoms with E-state index in [1.807, 2.05) is 6.26 Å². The number of rotatable bonds is 3. The highest BCUT2D eigenvalue weighted by Crippen LogP contribution is 2.32. The molecule has 1 unspecified atom stereocenters. The van der Waals surface area contributed by atoms with Gasteiger partial charge in [0.05, 0.1) is 12.9 Å². The van der Waals surface area contributed by atoms with E-state index in [1.165, 1.54) is 31.3 Å². The molecule has 0 spiro atoms. The Bertz CT molecular complexity index is 197. The molecule has 3 nitrogen and oxygen atoms in total. The molecule has 0 aromatic heterocycles. The van der Waals surface area contributed by atoms with Crippen molar-refractivity contribution < 1.29 is 4.74 Å². The predicted octanol–water partition coefficient (Wildman–Crippen LogP) is 1.31. The average Bonchev–Trinajstić information content (AvgIpc) is 2.76. The average molecular weight is 182 g/mol. The first-order valence-electron chi connectivity index (χ1n) is 5.18. The topological polar surface area (TPSA) is 47.3 Å². The van der Waals surface area contributed by atoms with Crippen LogP contribution in [0.2, 0.25) is 0 Å². The lowest BCUT2D eigenvalue weighted by molar-refractivity contribution is 0.281. The first kappa shape index (κ1) is 9.03. The molecule has 0 radical (unpaired) electrons. The molecule has 1 atom stereocenters. The van der Waals surface area contributed by atoms with Crippen LogP contribution in [0.15, 0.2) is 11.8 Å². The highest BCUT2D eigenvalue weighted by Gasteiger charge is 2.28. The molecule has 74 valence electrons. The van der Waals surface area contributed by atoms with Crippen molar-refractivity contribution in [1.82, 2.24) is 5.43 Å². The zero-order valence-electron chi connectivity index (χ0n) is 7.96. The van der Waals surface area contributed by atoms with Crippen LogP contribution in [0.25, 0.3) is 0 Å². The smallest absolute Gasteiger partial charge is 0.0912 e. The second-order valence-corrected chi connectivity index (χ2v) is 4.00. The van der Waals surface area contributed by atoms with E-state index in [9.17, 15) is 0 Å². The summed E-state index contributed by atoms with van der Waals surface area (Å²) in [6.07, 6.45) is 8.28. The number of nitrogens with two attached hydrogens (primary N) is 1. The minimum Gasteiger partial charge on any atom is -0.501 e. The molecule has 3 N–H and O–H groups in total. The molecule has 2 aliphatic rings. The highest BCUT2D eigenvalue weighted by molar-refractivity contribution is 5.13. The fraction of sp³-hybridized carbons (Fsp3) is 0.800. The Morgan fingerprint density at radius 3 is 2.77 bits per heavy atom. The van der Waals surface area contributed by atoms with Gasteiger partial charge in [-0.2, -0.15) is 0 Å². The summed E-state index contributed by atoms with van der Waals surface area (Å²) in [7, 11) is 0. The van der Waals surface area contributed by atoms with Gasteiger partial charge in [0.15, 0.2) is 0 Å². The van der Waals surface area contributed by atoms with E-state index in [-0.39, 0.29) is 0 Å². The van der Waals surface area contributed by atoms with Gasteiger partial charge in [-0.05, 0) is 24.3 Å². The van der Waals surface area contributed by atoms with E-state index in [4.69, 9.17) is 10.6 Å². The number of hydrogen-bond acceptors (Lipinski definition) is 3. The maximum atomic E-state index is 5.59. The van der Waals surface area contributed by atoms with Crippen LogP contribution < -0.4 is 11.3 Å². The monoisotopic (exact) mass is 182 g/mol. The summed E-state index contributed by atoms with van der Waals surface area (Å²) in [6.45, 7) is 0.834. The molecule has 2 rings (SSSR count). The predicted molar refractivity (Wildman–Crippen MR) is 51.7 cm³/mol. The molecule has 1 aliphatic carbocycles. The zero-order chi connectivity index (χ0) is 9.10. The summed E-state index contributed by atoms with van der Waals surface area (Å²) in [5.41, 5.74) is 4.29. The number of ether oxygens (including phenoxy) is 1. The van der Waals surface area contributed by atoms with Crippen LogP contribution in [0.1, 0.15) is 32.1 Å². The summed E-state index contributed by atoms with van der Waals surface area (Å²) >= 11 is 0. The largest absolute Gasteiger partial charge is 0.501 e. The Balaban J connectivity index is 1.98. The van der Waals surface area contributed by atoms with E-state index < -0.39 is 0 Å². The third-order valence-electron chi connectivity index (χ3n) is 3.19. The normalized spacial score (nSPS) is 25.8. The van der Waals surface area contributed by atoms with Crippen LogP contribution in [-0.4, -0.2) is 12.6 Å². The van der Waals surface area contributed by atoms with Crippen LogP contribution in [0.5, 0.6) is 0 Å². The molecule has 1 saturated carbocycles. The lowest BCUT2D eigenvalue weighted by Gasteiger charge is -2.22. The fourth-order valence-corrected chi connectivity index (χ4v) is 2.47. The number of hydrazine groups is 1. The van der Waals surface area contributed by atoms with E-state index >= 15 is 0 Å². The first-order chi connectivity index (χ1) is 6.42. The van der Waals surface area contributed by atoms with E-state index in [0.29, 0.717) is 6.04 Å². The Kier molecular flexibility index (Phi) is 2.86. The van der Waals surface area contributed by atoms with Gasteiger partial charge in [-0.15, -0.1) is 0 Å². The number of hydrogen-bond donors (Lipinski definition) is 2. The van der Waals surface area contributed by atoms with Crippen LogP contribution in [0.4, 0.5) is 0 Å². The van der Waals surface area contributed by atoms with Crippen LogP contribution >= 0.6 is 0 Å². The van der Waals surface area contributed by atoms with Gasteiger partial charge in [0.1, 0.15) is 0 Å². The van der Waals surface area contributed by atoms with E-state index in [2.05, 4.69) is 5.43 Å². The van der Waals surface area contributed by atoms with Crippen molar-refractivity contribution in [2.24, 2.45) is 11.8 Å². The summed E-state index contributed by atoms with van der Waals surface area (Å²) in [5.74, 6) is 6.32. The van der Waals surface area contributed by atoms with Gasteiger partial charge in [0.2, 0.25) is 0 Å². The van der Waals surface area contributed by atoms with Crippen molar-refractivity contribution in [3.8, 4) is 0 Å². The molecule has 13 heavy (non-hydrogen) atoms. The van der Waals surface area contributed by atoms with E-state index in [0.717, 1.165) is 18.9 Å². The van der Waals surface area contributed by atoms with Crippen LogP contribution in [0, 0.1) is 5.92 Å². The van der Waals surface area contributed by atoms with Gasteiger partial charge in [0.25, 0.3) is 0 Å². The Morgan fingerprint density at radius 2 is 2.23 bits per heavy atom. The molecule has 1 fully saturated rings. The Hall–Kier alpha value is -0.540. The highest BCUT2D eigenvalue weighted by atomic mass is 16.5. The number of nitrogens with one attached hydrogen (secondary N) is 1. The quantitative estimate of drug-likeness (QED) is 0.511. The van der Waals surface area contributed by atoms with Crippen LogP contribution in [-0.2, 0) is 4.74 Å². The zero-order valence-corrected chi connectivity index (χ0v) is 7.96. The maximum absolute atomic E-state index is 5.59. The Labute approximate surface area is 79.3 Å². The third kappa shape index (κ3) is 1.86. The summed E-state index contributed by atoms with van der Waals surface area (Å²) in [5, 5.41) is 0. The molecule has 3 heteroatoms. The lowest BCUT2D eigenvalue weighted by Crippen LogP contribution is -2.41. The molecule has 1 heterocycles. The van der Waals surface area contributed by atoms with Gasteiger partial charge in [-0.3, -0.25) is 11.3 Å². The molecule has 0 bridgehead atoms. The van der Waals surface area contributed by atoms with Gasteiger partial charge in [-0.1, -0.05) is 12.8 Å². The molecular weight excluding hydrogens is 164 g/mol. The van der Waals surface area contributed by atoms with Crippen molar-refractivity contribution in [2.75, 3.05) is 6.61 Å². The molecule has 0 amide bonds. The van der Waals surface area contributed by atoms with E-state index in [1.54, 1.807) is 0 Å². The summed E-state index contributed by atoms with van der Waals surface area (Å²) < 4.78 is 5.24. The minimum absolute atomic E-state index is 0.366. The van der Waals surface area contributed by atoms with Crippen molar-refractivity contribution >= 4 is 0 Å². The van der Waals surface area contributed by atoms with Gasteiger partial charge in [-0.25, -0.2) is 0 Å². The summed E-state index contributed by atoms with van der Waals surface area (Å²) in [6, 6.07) is 0.366. The Morgan fingerprint density at radius 1 is 1.46 bits per heavy atom. The lowest BCUT2D eigenvalue weighted by atomic mass is 9.92. The molecular formula is C10H18N2O. The minimum atomic E-state index is 0.366. The maximum Gasteiger partial charge on any atom is 0.0912 e. The standard InChI is InChI=1S/C10H18N2O/c11-12-10(8-3-1-2-4-8)9-5-6-13-7-9/h7-8,10,12H,1-6,11H2. The molecule has 0 saturated heterocycles. The van der Waals surface area contributed by atoms with Crippen molar-refractivity contribution in [3.05, 3.63) is 11.8 Å². The van der Waals surface area contributed by atoms with Crippen molar-refractivity contribution in [2.45, 2.75) is 38.1 Å². The fourth-order valence-electron chi connectivity index (χ4n) is 2.47. The van der Waals surface area contributed by atoms with Crippen molar-refractivity contribution in [1.29, 1.82) is 0 Å². The summed E-state index contributed by atoms with van der Waals surface area (Å²) in [4.78, 5) is 0. The molecule has 0 aromatic rings. The van der Waals surface area contributed by atoms with Crippen LogP contribution in [0.3, 0.4) is 0 Å². The van der Waals surface area contributed by atoms with Gasteiger partial charge >= 0.3 is 0 Å². The van der Waals surface area contributed by atoms with Gasteiger partial charge in [0, 0.05) is 12.5 Å². The SMILES string of the molecule is NNC(C1=COCC1)C1CCCC1. The third-order valence-corrected chi connectivity index (χ3v) is 3.19. The van der Waals surface area contributed by atoms with Crippen molar-refractivity contribution in [3.63, 3.8) is 0 Å². The second kappa shape index (κ2) is 4.11. The second-order valence-electron chi connectivity index (χ2n) is 4.00. The first-order valence-corrected chi connectivity index (χ1v) is 5.18. The molecule has 1 aliphatic heterocycles. The molecule has 0 aromatic carbocycles.